The van der Waals surface area contributed by atoms with E-state index in [2.05, 4.69) is 31.0 Å². The molecule has 0 bridgehead atoms. The van der Waals surface area contributed by atoms with Gasteiger partial charge in [0.15, 0.2) is 0 Å². The Bertz CT molecular complexity index is 831. The maximum atomic E-state index is 12.7. The van der Waals surface area contributed by atoms with Gasteiger partial charge >= 0.3 is 0 Å². The van der Waals surface area contributed by atoms with Crippen molar-refractivity contribution in [1.29, 1.82) is 0 Å². The normalized spacial score (nSPS) is 17.5. The molecule has 1 amide bonds. The van der Waals surface area contributed by atoms with E-state index in [4.69, 9.17) is 4.52 Å². The second-order valence-electron chi connectivity index (χ2n) is 7.67. The number of piperazine rings is 1. The number of aryl methyl sites for hydroxylation is 3. The third-order valence-corrected chi connectivity index (χ3v) is 5.71. The highest BCUT2D eigenvalue weighted by Crippen LogP contribution is 2.23. The molecule has 4 rings (SSSR count). The Kier molecular flexibility index (Phi) is 5.19. The Morgan fingerprint density at radius 3 is 2.14 bits per heavy atom. The summed E-state index contributed by atoms with van der Waals surface area (Å²) in [5, 5.41) is 3.94. The van der Waals surface area contributed by atoms with Crippen LogP contribution in [-0.2, 0) is 11.2 Å². The second-order valence-corrected chi connectivity index (χ2v) is 7.67. The van der Waals surface area contributed by atoms with Crippen LogP contribution in [0.3, 0.4) is 0 Å². The van der Waals surface area contributed by atoms with Crippen LogP contribution in [-0.4, -0.2) is 65.2 Å². The first-order chi connectivity index (χ1) is 13.5. The van der Waals surface area contributed by atoms with E-state index in [1.54, 1.807) is 0 Å². The van der Waals surface area contributed by atoms with Crippen LogP contribution in [0.4, 0.5) is 11.6 Å². The molecule has 2 aromatic heterocycles. The zero-order valence-electron chi connectivity index (χ0n) is 16.9. The molecular weight excluding hydrogens is 356 g/mol. The quantitative estimate of drug-likeness (QED) is 0.796. The Morgan fingerprint density at radius 1 is 0.964 bits per heavy atom. The maximum Gasteiger partial charge on any atom is 0.227 e. The molecule has 2 saturated heterocycles. The van der Waals surface area contributed by atoms with Crippen molar-refractivity contribution >= 4 is 17.5 Å². The lowest BCUT2D eigenvalue weighted by Gasteiger charge is -2.36. The Labute approximate surface area is 165 Å². The molecule has 4 heterocycles. The highest BCUT2D eigenvalue weighted by Gasteiger charge is 2.25. The fraction of sp³-hybridized carbons (Fsp3) is 0.600. The predicted octanol–water partition coefficient (Wildman–Crippen LogP) is 1.88. The predicted molar refractivity (Wildman–Crippen MR) is 107 cm³/mol. The van der Waals surface area contributed by atoms with E-state index in [1.807, 2.05) is 25.7 Å². The summed E-state index contributed by atoms with van der Waals surface area (Å²) in [5.41, 5.74) is 1.71. The van der Waals surface area contributed by atoms with Crippen molar-refractivity contribution in [2.45, 2.75) is 40.0 Å². The van der Waals surface area contributed by atoms with Gasteiger partial charge in [0.25, 0.3) is 0 Å². The van der Waals surface area contributed by atoms with Gasteiger partial charge in [-0.2, -0.15) is 0 Å². The summed E-state index contributed by atoms with van der Waals surface area (Å²) in [6.45, 7) is 10.8. The standard InChI is InChI=1S/C20H28N6O2/c1-14-17(15(2)28-23-14)12-20(27)26-10-8-25(9-11-26)19-13-18(21-16(3)22-19)24-6-4-5-7-24/h13H,4-12H2,1-3H3. The molecule has 2 aliphatic heterocycles. The summed E-state index contributed by atoms with van der Waals surface area (Å²) < 4.78 is 5.18. The van der Waals surface area contributed by atoms with Gasteiger partial charge in [0.05, 0.1) is 12.1 Å². The van der Waals surface area contributed by atoms with Crippen molar-refractivity contribution in [3.05, 3.63) is 28.9 Å². The highest BCUT2D eigenvalue weighted by atomic mass is 16.5. The van der Waals surface area contributed by atoms with Crippen LogP contribution in [0.1, 0.15) is 35.7 Å². The average Bonchev–Trinajstić information content (AvgIpc) is 3.34. The molecule has 0 atom stereocenters. The van der Waals surface area contributed by atoms with Gasteiger partial charge in [0.2, 0.25) is 5.91 Å². The SMILES string of the molecule is Cc1nc(N2CCCC2)cc(N2CCN(C(=O)Cc3c(C)noc3C)CC2)n1. The molecule has 0 N–H and O–H groups in total. The zero-order chi connectivity index (χ0) is 19.7. The van der Waals surface area contributed by atoms with E-state index in [0.29, 0.717) is 19.5 Å². The molecule has 0 aliphatic carbocycles. The summed E-state index contributed by atoms with van der Waals surface area (Å²) in [5.74, 6) is 3.65. The van der Waals surface area contributed by atoms with Crippen molar-refractivity contribution in [3.8, 4) is 0 Å². The largest absolute Gasteiger partial charge is 0.361 e. The van der Waals surface area contributed by atoms with Gasteiger partial charge in [-0.05, 0) is 33.6 Å². The fourth-order valence-electron chi connectivity index (χ4n) is 4.01. The topological polar surface area (TPSA) is 78.6 Å². The summed E-state index contributed by atoms with van der Waals surface area (Å²) in [6.07, 6.45) is 2.81. The minimum atomic E-state index is 0.130. The molecule has 0 saturated carbocycles. The van der Waals surface area contributed by atoms with Gasteiger partial charge in [0.1, 0.15) is 23.2 Å². The van der Waals surface area contributed by atoms with Crippen LogP contribution in [0.15, 0.2) is 10.6 Å². The summed E-state index contributed by atoms with van der Waals surface area (Å²) in [4.78, 5) is 28.5. The monoisotopic (exact) mass is 384 g/mol. The van der Waals surface area contributed by atoms with Crippen molar-refractivity contribution in [1.82, 2.24) is 20.0 Å². The highest BCUT2D eigenvalue weighted by molar-refractivity contribution is 5.79. The average molecular weight is 384 g/mol. The van der Waals surface area contributed by atoms with Crippen LogP contribution in [0, 0.1) is 20.8 Å². The number of rotatable bonds is 4. The summed E-state index contributed by atoms with van der Waals surface area (Å²) in [7, 11) is 0. The Hall–Kier alpha value is -2.64. The van der Waals surface area contributed by atoms with E-state index < -0.39 is 0 Å². The first-order valence-corrected chi connectivity index (χ1v) is 10.1. The van der Waals surface area contributed by atoms with E-state index in [1.165, 1.54) is 12.8 Å². The molecule has 8 heteroatoms. The minimum absolute atomic E-state index is 0.130. The second kappa shape index (κ2) is 7.77. The van der Waals surface area contributed by atoms with Crippen LogP contribution in [0.2, 0.25) is 0 Å². The third-order valence-electron chi connectivity index (χ3n) is 5.71. The van der Waals surface area contributed by atoms with Crippen LogP contribution in [0.5, 0.6) is 0 Å². The number of nitrogens with zero attached hydrogens (tertiary/aromatic N) is 6. The fourth-order valence-corrected chi connectivity index (χ4v) is 4.01. The van der Waals surface area contributed by atoms with Gasteiger partial charge in [-0.15, -0.1) is 0 Å². The number of carbonyl (C=O) groups excluding carboxylic acids is 1. The Morgan fingerprint density at radius 2 is 1.57 bits per heavy atom. The number of carbonyl (C=O) groups is 1. The molecule has 2 aromatic rings. The first kappa shape index (κ1) is 18.7. The molecule has 8 nitrogen and oxygen atoms in total. The van der Waals surface area contributed by atoms with E-state index in [9.17, 15) is 4.79 Å². The van der Waals surface area contributed by atoms with Crippen LogP contribution in [0.25, 0.3) is 0 Å². The maximum absolute atomic E-state index is 12.7. The van der Waals surface area contributed by atoms with Crippen LogP contribution >= 0.6 is 0 Å². The third kappa shape index (κ3) is 3.81. The smallest absolute Gasteiger partial charge is 0.227 e. The summed E-state index contributed by atoms with van der Waals surface area (Å²) in [6, 6.07) is 2.10. The lowest BCUT2D eigenvalue weighted by molar-refractivity contribution is -0.130. The van der Waals surface area contributed by atoms with Crippen molar-refractivity contribution in [2.24, 2.45) is 0 Å². The molecule has 2 aliphatic rings. The lowest BCUT2D eigenvalue weighted by Crippen LogP contribution is -2.49. The Balaban J connectivity index is 1.39. The molecule has 0 aromatic carbocycles. The van der Waals surface area contributed by atoms with E-state index in [-0.39, 0.29) is 5.91 Å². The number of amides is 1. The van der Waals surface area contributed by atoms with E-state index >= 15 is 0 Å². The van der Waals surface area contributed by atoms with Gasteiger partial charge in [-0.3, -0.25) is 4.79 Å². The zero-order valence-corrected chi connectivity index (χ0v) is 16.9. The van der Waals surface area contributed by atoms with Crippen molar-refractivity contribution in [2.75, 3.05) is 49.1 Å². The molecule has 0 radical (unpaired) electrons. The van der Waals surface area contributed by atoms with Gasteiger partial charge in [0, 0.05) is 50.9 Å². The van der Waals surface area contributed by atoms with Gasteiger partial charge in [-0.25, -0.2) is 9.97 Å². The first-order valence-electron chi connectivity index (χ1n) is 10.1. The summed E-state index contributed by atoms with van der Waals surface area (Å²) >= 11 is 0. The molecular formula is C20H28N6O2. The lowest BCUT2D eigenvalue weighted by atomic mass is 10.1. The molecule has 2 fully saturated rings. The molecule has 0 spiro atoms. The van der Waals surface area contributed by atoms with Crippen LogP contribution < -0.4 is 9.80 Å². The van der Waals surface area contributed by atoms with Crippen molar-refractivity contribution in [3.63, 3.8) is 0 Å². The molecule has 150 valence electrons. The van der Waals surface area contributed by atoms with Gasteiger partial charge < -0.3 is 19.2 Å². The van der Waals surface area contributed by atoms with Gasteiger partial charge in [-0.1, -0.05) is 5.16 Å². The molecule has 0 unspecified atom stereocenters. The van der Waals surface area contributed by atoms with Crippen molar-refractivity contribution < 1.29 is 9.32 Å². The number of hydrogen-bond donors (Lipinski definition) is 0. The number of aromatic nitrogens is 3. The number of anilines is 2. The van der Waals surface area contributed by atoms with E-state index in [0.717, 1.165) is 60.7 Å². The molecule has 28 heavy (non-hydrogen) atoms. The minimum Gasteiger partial charge on any atom is -0.361 e. The number of hydrogen-bond acceptors (Lipinski definition) is 7.